The Balaban J connectivity index is 2.08. The summed E-state index contributed by atoms with van der Waals surface area (Å²) >= 11 is 4.87. The minimum atomic E-state index is 0.286. The molecule has 2 rings (SSSR count). The van der Waals surface area contributed by atoms with Crippen LogP contribution in [0.5, 0.6) is 0 Å². The molecule has 1 unspecified atom stereocenters. The van der Waals surface area contributed by atoms with Crippen molar-refractivity contribution >= 4 is 23.0 Å². The third-order valence-corrected chi connectivity index (χ3v) is 3.61. The molecule has 0 aliphatic carbocycles. The van der Waals surface area contributed by atoms with E-state index in [0.29, 0.717) is 11.7 Å². The normalized spacial score (nSPS) is 20.7. The predicted molar refractivity (Wildman–Crippen MR) is 76.8 cm³/mol. The fourth-order valence-corrected chi connectivity index (χ4v) is 2.38. The molecule has 5 nitrogen and oxygen atoms in total. The molecule has 1 aliphatic rings. The van der Waals surface area contributed by atoms with Gasteiger partial charge in [0.05, 0.1) is 12.4 Å². The van der Waals surface area contributed by atoms with Crippen molar-refractivity contribution in [3.8, 4) is 0 Å². The molecular weight excluding hydrogens is 246 g/mol. The van der Waals surface area contributed by atoms with Gasteiger partial charge in [0.1, 0.15) is 16.5 Å². The zero-order chi connectivity index (χ0) is 13.1. The van der Waals surface area contributed by atoms with Crippen molar-refractivity contribution < 1.29 is 0 Å². The van der Waals surface area contributed by atoms with Gasteiger partial charge in [-0.3, -0.25) is 0 Å². The van der Waals surface area contributed by atoms with Gasteiger partial charge in [0.2, 0.25) is 0 Å². The molecule has 1 aliphatic heterocycles. The van der Waals surface area contributed by atoms with Crippen molar-refractivity contribution in [1.29, 1.82) is 0 Å². The van der Waals surface area contributed by atoms with Crippen LogP contribution in [-0.4, -0.2) is 53.1 Å². The molecule has 18 heavy (non-hydrogen) atoms. The molecule has 0 amide bonds. The number of anilines is 1. The molecule has 0 spiro atoms. The number of likely N-dealkylation sites (tertiary alicyclic amines) is 1. The molecule has 1 aromatic rings. The zero-order valence-electron chi connectivity index (χ0n) is 10.8. The van der Waals surface area contributed by atoms with Crippen molar-refractivity contribution in [2.24, 2.45) is 5.73 Å². The second-order valence-electron chi connectivity index (χ2n) is 4.79. The molecule has 2 N–H and O–H groups in total. The van der Waals surface area contributed by atoms with Crippen LogP contribution in [0.2, 0.25) is 0 Å². The fourth-order valence-electron chi connectivity index (χ4n) is 2.27. The first kappa shape index (κ1) is 13.2. The fraction of sp³-hybridized carbons (Fsp3) is 0.583. The number of nitrogens with zero attached hydrogens (tertiary/aromatic N) is 4. The lowest BCUT2D eigenvalue weighted by Gasteiger charge is -2.36. The van der Waals surface area contributed by atoms with Gasteiger partial charge in [-0.1, -0.05) is 12.2 Å². The third-order valence-electron chi connectivity index (χ3n) is 3.40. The van der Waals surface area contributed by atoms with Crippen LogP contribution in [0.25, 0.3) is 0 Å². The van der Waals surface area contributed by atoms with E-state index in [-0.39, 0.29) is 4.99 Å². The minimum absolute atomic E-state index is 0.286. The lowest BCUT2D eigenvalue weighted by Crippen LogP contribution is -2.45. The van der Waals surface area contributed by atoms with E-state index in [1.54, 1.807) is 12.4 Å². The van der Waals surface area contributed by atoms with E-state index < -0.39 is 0 Å². The van der Waals surface area contributed by atoms with E-state index in [0.717, 1.165) is 12.4 Å². The number of piperidine rings is 1. The van der Waals surface area contributed by atoms with Crippen LogP contribution in [0.1, 0.15) is 18.5 Å². The van der Waals surface area contributed by atoms with E-state index in [2.05, 4.69) is 33.9 Å². The van der Waals surface area contributed by atoms with E-state index in [4.69, 9.17) is 18.0 Å². The summed E-state index contributed by atoms with van der Waals surface area (Å²) in [5.41, 5.74) is 6.08. The first-order valence-corrected chi connectivity index (χ1v) is 6.52. The van der Waals surface area contributed by atoms with Crippen LogP contribution in [-0.2, 0) is 0 Å². The number of rotatable bonds is 3. The molecule has 6 heteroatoms. The Morgan fingerprint density at radius 2 is 2.28 bits per heavy atom. The van der Waals surface area contributed by atoms with E-state index in [1.807, 2.05) is 0 Å². The second-order valence-corrected chi connectivity index (χ2v) is 5.23. The first-order chi connectivity index (χ1) is 8.58. The second kappa shape index (κ2) is 5.58. The Morgan fingerprint density at radius 1 is 1.50 bits per heavy atom. The Hall–Kier alpha value is -1.27. The van der Waals surface area contributed by atoms with Gasteiger partial charge in [0.15, 0.2) is 0 Å². The van der Waals surface area contributed by atoms with Crippen LogP contribution >= 0.6 is 12.2 Å². The van der Waals surface area contributed by atoms with Crippen LogP contribution < -0.4 is 10.6 Å². The first-order valence-electron chi connectivity index (χ1n) is 6.11. The maximum absolute atomic E-state index is 5.51. The number of thiocarbonyl (C=S) groups is 1. The summed E-state index contributed by atoms with van der Waals surface area (Å²) in [5.74, 6) is 0.871. The van der Waals surface area contributed by atoms with Crippen molar-refractivity contribution in [2.45, 2.75) is 18.9 Å². The highest BCUT2D eigenvalue weighted by Crippen LogP contribution is 2.18. The maximum Gasteiger partial charge on any atom is 0.147 e. The molecule has 0 radical (unpaired) electrons. The monoisotopic (exact) mass is 265 g/mol. The molecule has 1 saturated heterocycles. The summed E-state index contributed by atoms with van der Waals surface area (Å²) in [5, 5.41) is 0. The van der Waals surface area contributed by atoms with Gasteiger partial charge in [0.25, 0.3) is 0 Å². The van der Waals surface area contributed by atoms with Crippen molar-refractivity contribution in [1.82, 2.24) is 14.9 Å². The van der Waals surface area contributed by atoms with Crippen LogP contribution in [0.3, 0.4) is 0 Å². The molecule has 2 heterocycles. The molecule has 0 bridgehead atoms. The molecule has 0 saturated carbocycles. The highest BCUT2D eigenvalue weighted by Gasteiger charge is 2.22. The van der Waals surface area contributed by atoms with E-state index >= 15 is 0 Å². The summed E-state index contributed by atoms with van der Waals surface area (Å²) in [7, 11) is 4.22. The average Bonchev–Trinajstić information content (AvgIpc) is 2.38. The standard InChI is InChI=1S/C12H19N5S/c1-16-5-3-4-9(8-16)17(2)11-7-14-10(6-15-11)12(13)18/h6-7,9H,3-5,8H2,1-2H3,(H2,13,18). The number of aromatic nitrogens is 2. The van der Waals surface area contributed by atoms with Crippen LogP contribution in [0, 0.1) is 0 Å². The molecule has 1 atom stereocenters. The van der Waals surface area contributed by atoms with Crippen LogP contribution in [0.15, 0.2) is 12.4 Å². The third kappa shape index (κ3) is 2.94. The number of hydrogen-bond donors (Lipinski definition) is 1. The minimum Gasteiger partial charge on any atom is -0.388 e. The zero-order valence-corrected chi connectivity index (χ0v) is 11.7. The van der Waals surface area contributed by atoms with Crippen molar-refractivity contribution in [3.63, 3.8) is 0 Å². The Morgan fingerprint density at radius 3 is 2.83 bits per heavy atom. The summed E-state index contributed by atoms with van der Waals surface area (Å²) in [6.07, 6.45) is 5.80. The highest BCUT2D eigenvalue weighted by atomic mass is 32.1. The molecular formula is C12H19N5S. The van der Waals surface area contributed by atoms with Gasteiger partial charge in [-0.15, -0.1) is 0 Å². The lowest BCUT2D eigenvalue weighted by atomic mass is 10.1. The summed E-state index contributed by atoms with van der Waals surface area (Å²) < 4.78 is 0. The Labute approximate surface area is 113 Å². The SMILES string of the molecule is CN1CCCC(N(C)c2cnc(C(N)=S)cn2)C1. The highest BCUT2D eigenvalue weighted by molar-refractivity contribution is 7.80. The number of nitrogens with two attached hydrogens (primary N) is 1. The van der Waals surface area contributed by atoms with Gasteiger partial charge < -0.3 is 15.5 Å². The van der Waals surface area contributed by atoms with Crippen molar-refractivity contribution in [2.75, 3.05) is 32.1 Å². The lowest BCUT2D eigenvalue weighted by molar-refractivity contribution is 0.247. The van der Waals surface area contributed by atoms with E-state index in [9.17, 15) is 0 Å². The largest absolute Gasteiger partial charge is 0.388 e. The van der Waals surface area contributed by atoms with Crippen molar-refractivity contribution in [3.05, 3.63) is 18.1 Å². The molecule has 98 valence electrons. The predicted octanol–water partition coefficient (Wildman–Crippen LogP) is 0.641. The maximum atomic E-state index is 5.51. The average molecular weight is 265 g/mol. The van der Waals surface area contributed by atoms with Crippen LogP contribution in [0.4, 0.5) is 5.82 Å². The number of likely N-dealkylation sites (N-methyl/N-ethyl adjacent to an activating group) is 2. The Bertz CT molecular complexity index is 419. The van der Waals surface area contributed by atoms with Gasteiger partial charge >= 0.3 is 0 Å². The molecule has 0 aromatic carbocycles. The molecule has 1 aromatic heterocycles. The van der Waals surface area contributed by atoms with Gasteiger partial charge in [0, 0.05) is 19.6 Å². The smallest absolute Gasteiger partial charge is 0.147 e. The van der Waals surface area contributed by atoms with E-state index in [1.165, 1.54) is 19.4 Å². The quantitative estimate of drug-likeness (QED) is 0.810. The summed E-state index contributed by atoms with van der Waals surface area (Å²) in [4.78, 5) is 13.4. The topological polar surface area (TPSA) is 58.3 Å². The van der Waals surface area contributed by atoms with Gasteiger partial charge in [-0.2, -0.15) is 0 Å². The summed E-state index contributed by atoms with van der Waals surface area (Å²) in [6.45, 7) is 2.24. The molecule has 1 fully saturated rings. The van der Waals surface area contributed by atoms with Gasteiger partial charge in [-0.25, -0.2) is 9.97 Å². The van der Waals surface area contributed by atoms with Gasteiger partial charge in [-0.05, 0) is 26.4 Å². The summed E-state index contributed by atoms with van der Waals surface area (Å²) in [6, 6.07) is 0.494. The number of hydrogen-bond acceptors (Lipinski definition) is 5. The Kier molecular flexibility index (Phi) is 4.08.